The van der Waals surface area contributed by atoms with Gasteiger partial charge in [-0.3, -0.25) is 4.79 Å². The Hall–Kier alpha value is -3.33. The summed E-state index contributed by atoms with van der Waals surface area (Å²) in [6, 6.07) is 7.21. The molecule has 4 rings (SSSR count). The van der Waals surface area contributed by atoms with E-state index >= 15 is 0 Å². The third-order valence-electron chi connectivity index (χ3n) is 4.73. The van der Waals surface area contributed by atoms with Gasteiger partial charge in [-0.2, -0.15) is 9.97 Å². The number of benzene rings is 1. The van der Waals surface area contributed by atoms with E-state index in [2.05, 4.69) is 20.3 Å². The minimum Gasteiger partial charge on any atom is -0.492 e. The molecule has 1 saturated heterocycles. The Kier molecular flexibility index (Phi) is 5.99. The molecule has 0 radical (unpaired) electrons. The van der Waals surface area contributed by atoms with Gasteiger partial charge in [0.05, 0.1) is 37.5 Å². The first-order chi connectivity index (χ1) is 14.7. The maximum atomic E-state index is 12.8. The first-order valence-electron chi connectivity index (χ1n) is 10.1. The zero-order chi connectivity index (χ0) is 20.9. The number of amides is 1. The number of morpholine rings is 1. The normalized spacial score (nSPS) is 14.0. The minimum absolute atomic E-state index is 0.0338. The van der Waals surface area contributed by atoms with E-state index in [1.165, 1.54) is 0 Å². The van der Waals surface area contributed by atoms with Crippen LogP contribution in [0.15, 0.2) is 30.5 Å². The molecule has 2 aromatic heterocycles. The number of carbonyl (C=O) groups is 1. The number of anilines is 2. The number of nitrogens with one attached hydrogen (secondary N) is 2. The maximum Gasteiger partial charge on any atom is 0.254 e. The fraction of sp³-hybridized carbons (Fsp3) is 0.381. The molecular formula is C21H25N5O4. The highest BCUT2D eigenvalue weighted by atomic mass is 16.5. The monoisotopic (exact) mass is 411 g/mol. The number of nitrogens with zero attached hydrogens (tertiary/aromatic N) is 3. The third kappa shape index (κ3) is 4.16. The van der Waals surface area contributed by atoms with E-state index in [1.54, 1.807) is 29.3 Å². The number of hydrogen-bond donors (Lipinski definition) is 2. The standard InChI is InChI=1S/C21H25N5O4/c1-3-29-17-13-14(20(27)26-9-11-28-12-10-26)5-6-16(17)23-21-24-18-15(7-8-22-18)19(25-21)30-4-2/h5-8,13H,3-4,9-12H2,1-2H3,(H2,22,23,24,25). The highest BCUT2D eigenvalue weighted by molar-refractivity contribution is 5.95. The van der Waals surface area contributed by atoms with Gasteiger partial charge in [-0.25, -0.2) is 0 Å². The Labute approximate surface area is 174 Å². The van der Waals surface area contributed by atoms with Gasteiger partial charge in [-0.05, 0) is 38.1 Å². The van der Waals surface area contributed by atoms with Crippen molar-refractivity contribution in [1.82, 2.24) is 19.9 Å². The molecule has 158 valence electrons. The van der Waals surface area contributed by atoms with Gasteiger partial charge in [-0.15, -0.1) is 0 Å². The molecule has 1 amide bonds. The van der Waals surface area contributed by atoms with E-state index in [0.29, 0.717) is 74.0 Å². The van der Waals surface area contributed by atoms with Crippen LogP contribution in [0.2, 0.25) is 0 Å². The van der Waals surface area contributed by atoms with Gasteiger partial charge >= 0.3 is 0 Å². The number of hydrogen-bond acceptors (Lipinski definition) is 7. The molecule has 0 aliphatic carbocycles. The first-order valence-corrected chi connectivity index (χ1v) is 10.1. The van der Waals surface area contributed by atoms with Crippen molar-refractivity contribution in [3.8, 4) is 11.6 Å². The second-order valence-electron chi connectivity index (χ2n) is 6.70. The van der Waals surface area contributed by atoms with Gasteiger partial charge in [0.25, 0.3) is 5.91 Å². The molecule has 30 heavy (non-hydrogen) atoms. The summed E-state index contributed by atoms with van der Waals surface area (Å²) in [5.41, 5.74) is 1.92. The molecule has 0 bridgehead atoms. The quantitative estimate of drug-likeness (QED) is 0.616. The molecule has 1 aromatic carbocycles. The van der Waals surface area contributed by atoms with E-state index in [9.17, 15) is 4.79 Å². The van der Waals surface area contributed by atoms with E-state index < -0.39 is 0 Å². The smallest absolute Gasteiger partial charge is 0.254 e. The lowest BCUT2D eigenvalue weighted by Crippen LogP contribution is -2.40. The Morgan fingerprint density at radius 1 is 1.17 bits per heavy atom. The number of aromatic amines is 1. The van der Waals surface area contributed by atoms with Crippen LogP contribution in [0.3, 0.4) is 0 Å². The molecule has 2 N–H and O–H groups in total. The third-order valence-corrected chi connectivity index (χ3v) is 4.73. The zero-order valence-corrected chi connectivity index (χ0v) is 17.1. The molecule has 1 aliphatic heterocycles. The van der Waals surface area contributed by atoms with Crippen LogP contribution < -0.4 is 14.8 Å². The van der Waals surface area contributed by atoms with Crippen molar-refractivity contribution in [3.05, 3.63) is 36.0 Å². The summed E-state index contributed by atoms with van der Waals surface area (Å²) in [6.07, 6.45) is 1.79. The number of rotatable bonds is 7. The van der Waals surface area contributed by atoms with Gasteiger partial charge in [0.15, 0.2) is 0 Å². The Bertz CT molecular complexity index is 1030. The number of ether oxygens (including phenoxy) is 3. The summed E-state index contributed by atoms with van der Waals surface area (Å²) in [5.74, 6) is 1.41. The van der Waals surface area contributed by atoms with E-state index in [0.717, 1.165) is 5.39 Å². The van der Waals surface area contributed by atoms with Crippen molar-refractivity contribution < 1.29 is 19.0 Å². The van der Waals surface area contributed by atoms with Crippen LogP contribution in [0.25, 0.3) is 11.0 Å². The molecular weight excluding hydrogens is 386 g/mol. The van der Waals surface area contributed by atoms with Crippen LogP contribution in [0.5, 0.6) is 11.6 Å². The fourth-order valence-electron chi connectivity index (χ4n) is 3.32. The molecule has 9 nitrogen and oxygen atoms in total. The summed E-state index contributed by atoms with van der Waals surface area (Å²) in [6.45, 7) is 7.07. The van der Waals surface area contributed by atoms with Crippen molar-refractivity contribution in [1.29, 1.82) is 0 Å². The lowest BCUT2D eigenvalue weighted by molar-refractivity contribution is 0.0302. The summed E-state index contributed by atoms with van der Waals surface area (Å²) >= 11 is 0. The molecule has 1 aliphatic rings. The predicted molar refractivity (Wildman–Crippen MR) is 113 cm³/mol. The van der Waals surface area contributed by atoms with Crippen molar-refractivity contribution in [2.45, 2.75) is 13.8 Å². The van der Waals surface area contributed by atoms with E-state index in [-0.39, 0.29) is 5.91 Å². The van der Waals surface area contributed by atoms with Crippen LogP contribution in [0.1, 0.15) is 24.2 Å². The number of fused-ring (bicyclic) bond motifs is 1. The molecule has 9 heteroatoms. The highest BCUT2D eigenvalue weighted by Crippen LogP contribution is 2.31. The number of H-pyrrole nitrogens is 1. The maximum absolute atomic E-state index is 12.8. The molecule has 0 unspecified atom stereocenters. The van der Waals surface area contributed by atoms with Crippen molar-refractivity contribution >= 4 is 28.6 Å². The zero-order valence-electron chi connectivity index (χ0n) is 17.1. The predicted octanol–water partition coefficient (Wildman–Crippen LogP) is 2.97. The van der Waals surface area contributed by atoms with Crippen LogP contribution in [0, 0.1) is 0 Å². The van der Waals surface area contributed by atoms with Crippen LogP contribution in [-0.2, 0) is 4.74 Å². The lowest BCUT2D eigenvalue weighted by atomic mass is 10.1. The largest absolute Gasteiger partial charge is 0.492 e. The Morgan fingerprint density at radius 3 is 2.73 bits per heavy atom. The molecule has 1 fully saturated rings. The average molecular weight is 411 g/mol. The van der Waals surface area contributed by atoms with Gasteiger partial charge in [0, 0.05) is 24.8 Å². The second-order valence-corrected chi connectivity index (χ2v) is 6.70. The Morgan fingerprint density at radius 2 is 1.97 bits per heavy atom. The molecule has 3 heterocycles. The lowest BCUT2D eigenvalue weighted by Gasteiger charge is -2.27. The molecule has 0 saturated carbocycles. The highest BCUT2D eigenvalue weighted by Gasteiger charge is 2.20. The van der Waals surface area contributed by atoms with Gasteiger partial charge in [0.2, 0.25) is 11.8 Å². The average Bonchev–Trinajstić information content (AvgIpc) is 3.24. The Balaban J connectivity index is 1.62. The fourth-order valence-corrected chi connectivity index (χ4v) is 3.32. The molecule has 0 atom stereocenters. The van der Waals surface area contributed by atoms with Crippen molar-refractivity contribution in [2.24, 2.45) is 0 Å². The second kappa shape index (κ2) is 9.00. The van der Waals surface area contributed by atoms with E-state index in [4.69, 9.17) is 14.2 Å². The summed E-state index contributed by atoms with van der Waals surface area (Å²) in [7, 11) is 0. The molecule has 3 aromatic rings. The van der Waals surface area contributed by atoms with E-state index in [1.807, 2.05) is 19.9 Å². The number of carbonyl (C=O) groups excluding carboxylic acids is 1. The SMILES string of the molecule is CCOc1cc(C(=O)N2CCOCC2)ccc1Nc1nc(OCC)c2cc[nH]c2n1. The summed E-state index contributed by atoms with van der Waals surface area (Å²) < 4.78 is 16.8. The number of aromatic nitrogens is 3. The van der Waals surface area contributed by atoms with Crippen LogP contribution in [0.4, 0.5) is 11.6 Å². The minimum atomic E-state index is -0.0338. The van der Waals surface area contributed by atoms with Crippen molar-refractivity contribution in [3.63, 3.8) is 0 Å². The van der Waals surface area contributed by atoms with Gasteiger partial charge in [0.1, 0.15) is 11.4 Å². The first kappa shape index (κ1) is 20.0. The van der Waals surface area contributed by atoms with Crippen LogP contribution in [-0.4, -0.2) is 65.3 Å². The topological polar surface area (TPSA) is 102 Å². The summed E-state index contributed by atoms with van der Waals surface area (Å²) in [4.78, 5) is 26.7. The van der Waals surface area contributed by atoms with Gasteiger partial charge < -0.3 is 29.4 Å². The van der Waals surface area contributed by atoms with Crippen LogP contribution >= 0.6 is 0 Å². The van der Waals surface area contributed by atoms with Crippen molar-refractivity contribution in [2.75, 3.05) is 44.8 Å². The van der Waals surface area contributed by atoms with Gasteiger partial charge in [-0.1, -0.05) is 0 Å². The summed E-state index contributed by atoms with van der Waals surface area (Å²) in [5, 5.41) is 4.01. The molecule has 0 spiro atoms.